The molecule has 0 N–H and O–H groups in total. The number of hydrogen-bond acceptors (Lipinski definition) is 2. The summed E-state index contributed by atoms with van der Waals surface area (Å²) in [5, 5.41) is 0.893. The Balaban J connectivity index is 2.82. The lowest BCUT2D eigenvalue weighted by Gasteiger charge is -1.78. The maximum absolute atomic E-state index is 5.39. The van der Waals surface area contributed by atoms with Gasteiger partial charge in [0.2, 0.25) is 0 Å². The van der Waals surface area contributed by atoms with E-state index in [1.165, 1.54) is 0 Å². The molecule has 0 aromatic heterocycles. The molecule has 1 rings (SSSR count). The van der Waals surface area contributed by atoms with Crippen molar-refractivity contribution in [3.8, 4) is 0 Å². The first kappa shape index (κ1) is 6.52. The number of nitrogens with zero attached hydrogens (tertiary/aromatic N) is 2. The first-order chi connectivity index (χ1) is 3.70. The van der Waals surface area contributed by atoms with Crippen molar-refractivity contribution in [3.63, 3.8) is 0 Å². The Hall–Kier alpha value is 0.400. The monoisotopic (exact) mass is 213 g/mol. The zero-order valence-corrected chi connectivity index (χ0v) is 6.63. The Morgan fingerprint density at radius 2 is 1.50 bits per heavy atom. The molecule has 1 aliphatic rings. The van der Waals surface area contributed by atoms with E-state index in [1.54, 1.807) is 0 Å². The van der Waals surface area contributed by atoms with E-state index < -0.39 is 0 Å². The van der Waals surface area contributed by atoms with Crippen LogP contribution >= 0.6 is 39.1 Å². The second-order valence-electron chi connectivity index (χ2n) is 1.07. The minimum absolute atomic E-state index is 0.235. The number of rotatable bonds is 0. The van der Waals surface area contributed by atoms with Crippen LogP contribution in [-0.2, 0) is 0 Å². The van der Waals surface area contributed by atoms with Crippen LogP contribution in [0.3, 0.4) is 0 Å². The molecule has 1 aliphatic heterocycles. The molecule has 0 atom stereocenters. The van der Waals surface area contributed by atoms with Crippen molar-refractivity contribution in [3.05, 3.63) is 5.08 Å². The highest BCUT2D eigenvalue weighted by Crippen LogP contribution is 2.22. The minimum atomic E-state index is 0.235. The summed E-state index contributed by atoms with van der Waals surface area (Å²) in [4.78, 5) is 7.30. The maximum atomic E-state index is 5.39. The summed E-state index contributed by atoms with van der Waals surface area (Å²) in [5.74, 6) is 0. The summed E-state index contributed by atoms with van der Waals surface area (Å²) in [6.07, 6.45) is 0. The van der Waals surface area contributed by atoms with Gasteiger partial charge in [-0.2, -0.15) is 0 Å². The Labute approximate surface area is 64.7 Å². The van der Waals surface area contributed by atoms with Crippen LogP contribution in [0.2, 0.25) is 0 Å². The van der Waals surface area contributed by atoms with Gasteiger partial charge in [-0.05, 0) is 15.9 Å². The van der Waals surface area contributed by atoms with Crippen molar-refractivity contribution in [1.29, 1.82) is 0 Å². The average molecular weight is 215 g/mol. The topological polar surface area (TPSA) is 24.7 Å². The van der Waals surface area contributed by atoms with E-state index in [1.807, 2.05) is 0 Å². The van der Waals surface area contributed by atoms with Crippen molar-refractivity contribution >= 4 is 49.5 Å². The van der Waals surface area contributed by atoms with Crippen molar-refractivity contribution < 1.29 is 0 Å². The first-order valence-corrected chi connectivity index (χ1v) is 3.26. The standard InChI is InChI=1S/C3BrCl2N2/c4-3-7-1(5)2(6)8-3. The third kappa shape index (κ3) is 1.21. The molecule has 1 radical (unpaired) electrons. The van der Waals surface area contributed by atoms with Crippen LogP contribution in [-0.4, -0.2) is 10.3 Å². The van der Waals surface area contributed by atoms with E-state index in [0.29, 0.717) is 5.08 Å². The first-order valence-electron chi connectivity index (χ1n) is 1.71. The fraction of sp³-hybridized carbons (Fsp3) is 0. The summed E-state index contributed by atoms with van der Waals surface area (Å²) in [5.41, 5.74) is 0. The molecule has 0 saturated carbocycles. The van der Waals surface area contributed by atoms with Gasteiger partial charge in [-0.3, -0.25) is 0 Å². The molecule has 0 fully saturated rings. The van der Waals surface area contributed by atoms with Crippen LogP contribution in [0.5, 0.6) is 0 Å². The van der Waals surface area contributed by atoms with Gasteiger partial charge in [-0.15, -0.1) is 0 Å². The molecule has 1 heterocycles. The number of halogens is 3. The molecular formula is C3BrCl2N2. The molecule has 8 heavy (non-hydrogen) atoms. The lowest BCUT2D eigenvalue weighted by Crippen LogP contribution is -1.90. The zero-order valence-electron chi connectivity index (χ0n) is 3.53. The molecule has 5 heteroatoms. The molecular weight excluding hydrogens is 215 g/mol. The highest BCUT2D eigenvalue weighted by Gasteiger charge is 2.15. The summed E-state index contributed by atoms with van der Waals surface area (Å²) in [7, 11) is 0. The van der Waals surface area contributed by atoms with Gasteiger partial charge in [0.15, 0.2) is 10.3 Å². The van der Waals surface area contributed by atoms with Gasteiger partial charge in [0.1, 0.15) is 0 Å². The molecule has 0 bridgehead atoms. The van der Waals surface area contributed by atoms with E-state index in [2.05, 4.69) is 25.9 Å². The largest absolute Gasteiger partial charge is 0.265 e. The van der Waals surface area contributed by atoms with Crippen molar-refractivity contribution in [1.82, 2.24) is 0 Å². The summed E-state index contributed by atoms with van der Waals surface area (Å²) in [6.45, 7) is 0. The molecule has 0 spiro atoms. The fourth-order valence-corrected chi connectivity index (χ4v) is 1.08. The normalized spacial score (nSPS) is 20.9. The van der Waals surface area contributed by atoms with Gasteiger partial charge < -0.3 is 0 Å². The molecule has 43 valence electrons. The second kappa shape index (κ2) is 2.33. The molecule has 0 saturated heterocycles. The Kier molecular flexibility index (Phi) is 1.90. The van der Waals surface area contributed by atoms with Gasteiger partial charge in [0, 0.05) is 0 Å². The third-order valence-corrected chi connectivity index (χ3v) is 1.53. The van der Waals surface area contributed by atoms with Crippen LogP contribution in [0.25, 0.3) is 0 Å². The zero-order chi connectivity index (χ0) is 6.15. The molecule has 0 aromatic carbocycles. The Morgan fingerprint density at radius 1 is 1.12 bits per heavy atom. The lowest BCUT2D eigenvalue weighted by molar-refractivity contribution is 1.25. The van der Waals surface area contributed by atoms with Crippen LogP contribution < -0.4 is 0 Å². The molecule has 0 unspecified atom stereocenters. The van der Waals surface area contributed by atoms with Crippen molar-refractivity contribution in [2.24, 2.45) is 9.98 Å². The van der Waals surface area contributed by atoms with Gasteiger partial charge in [-0.25, -0.2) is 9.98 Å². The van der Waals surface area contributed by atoms with E-state index in [9.17, 15) is 0 Å². The Bertz CT molecular complexity index is 147. The predicted octanol–water partition coefficient (Wildman–Crippen LogP) is 2.12. The second-order valence-corrected chi connectivity index (χ2v) is 2.50. The van der Waals surface area contributed by atoms with Crippen LogP contribution in [0, 0.1) is 5.08 Å². The smallest absolute Gasteiger partial charge is 0.224 e. The van der Waals surface area contributed by atoms with Crippen LogP contribution in [0.1, 0.15) is 0 Å². The van der Waals surface area contributed by atoms with Gasteiger partial charge >= 0.3 is 0 Å². The molecule has 2 nitrogen and oxygen atoms in total. The summed E-state index contributed by atoms with van der Waals surface area (Å²) in [6, 6.07) is 0. The van der Waals surface area contributed by atoms with Crippen LogP contribution in [0.15, 0.2) is 9.98 Å². The number of hydrogen-bond donors (Lipinski definition) is 0. The highest BCUT2D eigenvalue weighted by atomic mass is 79.9. The molecule has 0 amide bonds. The quantitative estimate of drug-likeness (QED) is 0.552. The molecule has 0 aliphatic carbocycles. The van der Waals surface area contributed by atoms with Crippen LogP contribution in [0.4, 0.5) is 0 Å². The summed E-state index contributed by atoms with van der Waals surface area (Å²) >= 11 is 13.8. The minimum Gasteiger partial charge on any atom is -0.224 e. The molecule has 0 aromatic rings. The highest BCUT2D eigenvalue weighted by molar-refractivity contribution is 9.11. The lowest BCUT2D eigenvalue weighted by atomic mass is 10.8. The van der Waals surface area contributed by atoms with Gasteiger partial charge in [0.25, 0.3) is 5.08 Å². The Morgan fingerprint density at radius 3 is 1.62 bits per heavy atom. The van der Waals surface area contributed by atoms with Crippen molar-refractivity contribution in [2.45, 2.75) is 0 Å². The van der Waals surface area contributed by atoms with Crippen molar-refractivity contribution in [2.75, 3.05) is 0 Å². The predicted molar refractivity (Wildman–Crippen MR) is 38.7 cm³/mol. The number of aliphatic imine (C=N–C) groups is 2. The summed E-state index contributed by atoms with van der Waals surface area (Å²) < 4.78 is 0. The SMILES string of the molecule is ClC1=N[C](Br)N=C1Cl. The average Bonchev–Trinajstić information content (AvgIpc) is 1.85. The van der Waals surface area contributed by atoms with E-state index in [4.69, 9.17) is 23.2 Å². The third-order valence-electron chi connectivity index (χ3n) is 0.551. The maximum Gasteiger partial charge on any atom is 0.265 e. The van der Waals surface area contributed by atoms with E-state index in [0.717, 1.165) is 0 Å². The van der Waals surface area contributed by atoms with Gasteiger partial charge in [-0.1, -0.05) is 23.2 Å². The fourth-order valence-electron chi connectivity index (χ4n) is 0.279. The van der Waals surface area contributed by atoms with E-state index >= 15 is 0 Å². The van der Waals surface area contributed by atoms with Gasteiger partial charge in [0.05, 0.1) is 0 Å². The van der Waals surface area contributed by atoms with E-state index in [-0.39, 0.29) is 10.3 Å².